The lowest BCUT2D eigenvalue weighted by atomic mass is 10.4. The molecule has 6 heteroatoms. The summed E-state index contributed by atoms with van der Waals surface area (Å²) in [5.41, 5.74) is 0. The van der Waals surface area contributed by atoms with E-state index in [1.165, 1.54) is 10.1 Å². The van der Waals surface area contributed by atoms with Gasteiger partial charge in [-0.1, -0.05) is 0 Å². The van der Waals surface area contributed by atoms with Gasteiger partial charge in [0.1, 0.15) is 5.82 Å². The molecule has 0 radical (unpaired) electrons. The van der Waals surface area contributed by atoms with Gasteiger partial charge < -0.3 is 14.5 Å². The monoisotopic (exact) mass is 334 g/mol. The topological polar surface area (TPSA) is 32.8 Å². The third-order valence-electron chi connectivity index (χ3n) is 3.12. The van der Waals surface area contributed by atoms with Crippen LogP contribution < -0.4 is 0 Å². The summed E-state index contributed by atoms with van der Waals surface area (Å²) in [6.07, 6.45) is 2.07. The summed E-state index contributed by atoms with van der Waals surface area (Å²) < 4.78 is 6.21. The number of hydrogen-bond acceptors (Lipinski definition) is 6. The van der Waals surface area contributed by atoms with Crippen LogP contribution in [0.3, 0.4) is 0 Å². The van der Waals surface area contributed by atoms with Gasteiger partial charge >= 0.3 is 5.97 Å². The van der Waals surface area contributed by atoms with E-state index in [-0.39, 0.29) is 5.97 Å². The average Bonchev–Trinajstić information content (AvgIpc) is 2.49. The maximum Gasteiger partial charge on any atom is 0.316 e. The minimum absolute atomic E-state index is 0.146. The largest absolute Gasteiger partial charge is 0.465 e. The van der Waals surface area contributed by atoms with Crippen molar-refractivity contribution in [2.24, 2.45) is 0 Å². The Balaban J connectivity index is 5.28. The minimum Gasteiger partial charge on any atom is -0.465 e. The Morgan fingerprint density at radius 1 is 0.952 bits per heavy atom. The predicted molar refractivity (Wildman–Crippen MR) is 95.5 cm³/mol. The zero-order valence-corrected chi connectivity index (χ0v) is 15.9. The highest BCUT2D eigenvalue weighted by molar-refractivity contribution is 8.22. The Labute approximate surface area is 138 Å². The fourth-order valence-electron chi connectivity index (χ4n) is 2.05. The molecule has 0 atom stereocenters. The van der Waals surface area contributed by atoms with Crippen LogP contribution in [0.15, 0.2) is 10.1 Å². The van der Waals surface area contributed by atoms with Gasteiger partial charge in [0.05, 0.1) is 16.6 Å². The average molecular weight is 335 g/mol. The molecule has 0 rings (SSSR count). The van der Waals surface area contributed by atoms with E-state index in [0.29, 0.717) is 12.4 Å². The fraction of sp³-hybridized carbons (Fsp3) is 0.800. The number of rotatable bonds is 11. The Morgan fingerprint density at radius 3 is 1.76 bits per heavy atom. The van der Waals surface area contributed by atoms with Crippen LogP contribution in [-0.4, -0.2) is 60.6 Å². The first-order valence-electron chi connectivity index (χ1n) is 7.65. The van der Waals surface area contributed by atoms with E-state index in [0.717, 1.165) is 26.2 Å². The lowest BCUT2D eigenvalue weighted by molar-refractivity contribution is -0.139. The van der Waals surface area contributed by atoms with Gasteiger partial charge in [-0.3, -0.25) is 4.79 Å². The molecule has 0 N–H and O–H groups in total. The highest BCUT2D eigenvalue weighted by Gasteiger charge is 2.19. The Kier molecular flexibility index (Phi) is 11.8. The maximum absolute atomic E-state index is 11.6. The number of carbonyl (C=O) groups is 1. The summed E-state index contributed by atoms with van der Waals surface area (Å²) in [7, 11) is 0. The van der Waals surface area contributed by atoms with Gasteiger partial charge in [0.15, 0.2) is 0 Å². The van der Waals surface area contributed by atoms with Gasteiger partial charge in [-0.05, 0) is 40.9 Å². The van der Waals surface area contributed by atoms with Crippen molar-refractivity contribution in [1.82, 2.24) is 9.80 Å². The molecule has 0 saturated heterocycles. The number of ether oxygens (including phenoxy) is 1. The quantitative estimate of drug-likeness (QED) is 0.538. The van der Waals surface area contributed by atoms with Gasteiger partial charge in [0, 0.05) is 26.2 Å². The van der Waals surface area contributed by atoms with Crippen molar-refractivity contribution in [2.45, 2.75) is 34.6 Å². The zero-order valence-electron chi connectivity index (χ0n) is 14.3. The van der Waals surface area contributed by atoms with Crippen molar-refractivity contribution in [2.75, 3.05) is 44.8 Å². The van der Waals surface area contributed by atoms with E-state index in [1.807, 2.05) is 6.92 Å². The molecule has 0 spiro atoms. The summed E-state index contributed by atoms with van der Waals surface area (Å²) in [6, 6.07) is 0. The van der Waals surface area contributed by atoms with Gasteiger partial charge in [-0.2, -0.15) is 0 Å². The SMILES string of the molecule is CCOC(=O)CSC(SC)=C(N(CC)CC)N(CC)CC. The number of esters is 1. The Morgan fingerprint density at radius 2 is 1.43 bits per heavy atom. The van der Waals surface area contributed by atoms with Crippen LogP contribution in [0.2, 0.25) is 0 Å². The third-order valence-corrected chi connectivity index (χ3v) is 5.35. The molecule has 124 valence electrons. The van der Waals surface area contributed by atoms with E-state index in [1.54, 1.807) is 23.5 Å². The minimum atomic E-state index is -0.146. The summed E-state index contributed by atoms with van der Waals surface area (Å²) >= 11 is 3.29. The fourth-order valence-corrected chi connectivity index (χ4v) is 3.85. The smallest absolute Gasteiger partial charge is 0.316 e. The van der Waals surface area contributed by atoms with Crippen LogP contribution in [0.4, 0.5) is 0 Å². The highest BCUT2D eigenvalue weighted by atomic mass is 32.2. The molecular formula is C15H30N2O2S2. The van der Waals surface area contributed by atoms with Crippen molar-refractivity contribution in [3.8, 4) is 0 Å². The Bertz CT molecular complexity index is 314. The third kappa shape index (κ3) is 6.87. The Hall–Kier alpha value is -0.490. The molecule has 0 aromatic heterocycles. The van der Waals surface area contributed by atoms with E-state index in [2.05, 4.69) is 43.8 Å². The molecule has 0 aliphatic heterocycles. The van der Waals surface area contributed by atoms with E-state index in [9.17, 15) is 4.79 Å². The summed E-state index contributed by atoms with van der Waals surface area (Å²) in [5.74, 6) is 1.47. The van der Waals surface area contributed by atoms with Crippen LogP contribution >= 0.6 is 23.5 Å². The van der Waals surface area contributed by atoms with Crippen molar-refractivity contribution < 1.29 is 9.53 Å². The first kappa shape index (κ1) is 20.5. The van der Waals surface area contributed by atoms with Crippen LogP contribution in [0.25, 0.3) is 0 Å². The van der Waals surface area contributed by atoms with E-state index >= 15 is 0 Å². The van der Waals surface area contributed by atoms with Crippen molar-refractivity contribution in [1.29, 1.82) is 0 Å². The molecule has 0 aliphatic rings. The summed E-state index contributed by atoms with van der Waals surface area (Å²) in [4.78, 5) is 16.3. The second kappa shape index (κ2) is 12.1. The lowest BCUT2D eigenvalue weighted by Crippen LogP contribution is -2.36. The van der Waals surface area contributed by atoms with Gasteiger partial charge in [0.25, 0.3) is 0 Å². The van der Waals surface area contributed by atoms with Crippen molar-refractivity contribution >= 4 is 29.5 Å². The standard InChI is InChI=1S/C15H30N2O2S2/c1-7-16(8-2)14(17(9-3)10-4)15(20-6)21-12-13(18)19-11-5/h7-12H2,1-6H3. The number of carbonyl (C=O) groups excluding carboxylic acids is 1. The molecule has 0 heterocycles. The zero-order chi connectivity index (χ0) is 16.3. The van der Waals surface area contributed by atoms with Crippen molar-refractivity contribution in [3.05, 3.63) is 10.1 Å². The summed E-state index contributed by atoms with van der Waals surface area (Å²) in [6.45, 7) is 14.8. The molecule has 21 heavy (non-hydrogen) atoms. The molecule has 0 aromatic rings. The van der Waals surface area contributed by atoms with Crippen LogP contribution in [0.1, 0.15) is 34.6 Å². The normalized spacial score (nSPS) is 10.2. The molecule has 0 fully saturated rings. The highest BCUT2D eigenvalue weighted by Crippen LogP contribution is 2.33. The van der Waals surface area contributed by atoms with Gasteiger partial charge in [-0.15, -0.1) is 23.5 Å². The molecule has 0 amide bonds. The van der Waals surface area contributed by atoms with Crippen LogP contribution in [0.5, 0.6) is 0 Å². The summed E-state index contributed by atoms with van der Waals surface area (Å²) in [5, 5.41) is 0. The molecule has 0 aliphatic carbocycles. The molecule has 0 bridgehead atoms. The second-order valence-corrected chi connectivity index (χ2v) is 6.31. The molecule has 0 saturated carbocycles. The lowest BCUT2D eigenvalue weighted by Gasteiger charge is -2.35. The first-order chi connectivity index (χ1) is 10.1. The molecule has 0 unspecified atom stereocenters. The second-order valence-electron chi connectivity index (χ2n) is 4.25. The first-order valence-corrected chi connectivity index (χ1v) is 9.86. The maximum atomic E-state index is 11.6. The van der Waals surface area contributed by atoms with Crippen LogP contribution in [-0.2, 0) is 9.53 Å². The molecule has 0 aromatic carbocycles. The predicted octanol–water partition coefficient (Wildman–Crippen LogP) is 3.46. The van der Waals surface area contributed by atoms with Crippen LogP contribution in [0, 0.1) is 0 Å². The number of thioether (sulfide) groups is 2. The van der Waals surface area contributed by atoms with Gasteiger partial charge in [0.2, 0.25) is 0 Å². The number of hydrogen-bond donors (Lipinski definition) is 0. The number of nitrogens with zero attached hydrogens (tertiary/aromatic N) is 2. The molecule has 4 nitrogen and oxygen atoms in total. The van der Waals surface area contributed by atoms with E-state index in [4.69, 9.17) is 4.74 Å². The van der Waals surface area contributed by atoms with E-state index < -0.39 is 0 Å². The van der Waals surface area contributed by atoms with Gasteiger partial charge in [-0.25, -0.2) is 0 Å². The molecular weight excluding hydrogens is 304 g/mol. The van der Waals surface area contributed by atoms with Crippen molar-refractivity contribution in [3.63, 3.8) is 0 Å².